The smallest absolute Gasteiger partial charge is 0.328 e. The van der Waals surface area contributed by atoms with Crippen molar-refractivity contribution in [3.63, 3.8) is 0 Å². The van der Waals surface area contributed by atoms with Crippen LogP contribution in [0.15, 0.2) is 24.3 Å². The number of aromatic nitrogens is 3. The van der Waals surface area contributed by atoms with Gasteiger partial charge in [-0.2, -0.15) is 15.0 Å². The maximum Gasteiger partial charge on any atom is 0.328 e. The van der Waals surface area contributed by atoms with Crippen molar-refractivity contribution in [2.24, 2.45) is 0 Å². The van der Waals surface area contributed by atoms with Crippen molar-refractivity contribution >= 4 is 17.5 Å². The van der Waals surface area contributed by atoms with Gasteiger partial charge in [-0.15, -0.1) is 0 Å². The summed E-state index contributed by atoms with van der Waals surface area (Å²) in [6.07, 6.45) is 0.902. The van der Waals surface area contributed by atoms with E-state index in [1.54, 1.807) is 12.1 Å². The molecule has 1 aromatic heterocycles. The van der Waals surface area contributed by atoms with E-state index in [2.05, 4.69) is 15.0 Å². The average Bonchev–Trinajstić information content (AvgIpc) is 2.36. The Morgan fingerprint density at radius 1 is 1.16 bits per heavy atom. The van der Waals surface area contributed by atoms with Crippen molar-refractivity contribution in [1.82, 2.24) is 15.0 Å². The molecule has 2 aromatic rings. The fourth-order valence-electron chi connectivity index (χ4n) is 1.36. The first kappa shape index (κ1) is 13.4. The molecule has 0 saturated heterocycles. The number of benzene rings is 1. The number of nitrogens with zero attached hydrogens (tertiary/aromatic N) is 3. The van der Waals surface area contributed by atoms with Gasteiger partial charge < -0.3 is 15.2 Å². The van der Waals surface area contributed by atoms with E-state index in [1.807, 2.05) is 19.1 Å². The van der Waals surface area contributed by atoms with Crippen LogP contribution >= 0.6 is 11.6 Å². The van der Waals surface area contributed by atoms with Gasteiger partial charge in [-0.3, -0.25) is 0 Å². The predicted molar refractivity (Wildman–Crippen MR) is 71.6 cm³/mol. The monoisotopic (exact) mass is 280 g/mol. The summed E-state index contributed by atoms with van der Waals surface area (Å²) in [7, 11) is 0. The van der Waals surface area contributed by atoms with Gasteiger partial charge in [0.15, 0.2) is 11.5 Å². The van der Waals surface area contributed by atoms with E-state index in [9.17, 15) is 0 Å². The Hall–Kier alpha value is -2.08. The van der Waals surface area contributed by atoms with Crippen LogP contribution in [0.2, 0.25) is 5.28 Å². The third-order valence-electron chi connectivity index (χ3n) is 2.12. The van der Waals surface area contributed by atoms with Crippen molar-refractivity contribution in [2.75, 3.05) is 12.3 Å². The Morgan fingerprint density at radius 3 is 2.58 bits per heavy atom. The van der Waals surface area contributed by atoms with E-state index in [0.29, 0.717) is 18.1 Å². The first-order valence-corrected chi connectivity index (χ1v) is 6.13. The first-order valence-electron chi connectivity index (χ1n) is 5.75. The molecule has 0 spiro atoms. The zero-order chi connectivity index (χ0) is 13.7. The van der Waals surface area contributed by atoms with E-state index in [-0.39, 0.29) is 17.2 Å². The molecule has 100 valence electrons. The number of nitrogens with two attached hydrogens (primary N) is 1. The fourth-order valence-corrected chi connectivity index (χ4v) is 1.52. The summed E-state index contributed by atoms with van der Waals surface area (Å²) < 4.78 is 11.1. The molecule has 0 amide bonds. The van der Waals surface area contributed by atoms with Crippen LogP contribution in [0.4, 0.5) is 5.95 Å². The Balaban J connectivity index is 2.22. The topological polar surface area (TPSA) is 83.2 Å². The second-order valence-electron chi connectivity index (χ2n) is 3.64. The second-order valence-corrected chi connectivity index (χ2v) is 3.98. The van der Waals surface area contributed by atoms with Gasteiger partial charge in [0.05, 0.1) is 6.61 Å². The highest BCUT2D eigenvalue weighted by Gasteiger charge is 2.09. The molecule has 0 atom stereocenters. The number of halogens is 1. The molecule has 0 bridgehead atoms. The maximum absolute atomic E-state index is 5.69. The van der Waals surface area contributed by atoms with Gasteiger partial charge in [-0.1, -0.05) is 19.1 Å². The lowest BCUT2D eigenvalue weighted by molar-refractivity contribution is 0.299. The zero-order valence-electron chi connectivity index (χ0n) is 10.3. The van der Waals surface area contributed by atoms with Crippen LogP contribution < -0.4 is 15.2 Å². The summed E-state index contributed by atoms with van der Waals surface area (Å²) in [5.41, 5.74) is 5.47. The van der Waals surface area contributed by atoms with E-state index < -0.39 is 0 Å². The van der Waals surface area contributed by atoms with Crippen LogP contribution in [0.3, 0.4) is 0 Å². The van der Waals surface area contributed by atoms with E-state index >= 15 is 0 Å². The van der Waals surface area contributed by atoms with Crippen LogP contribution in [0.1, 0.15) is 13.3 Å². The van der Waals surface area contributed by atoms with Crippen LogP contribution in [0.25, 0.3) is 0 Å². The van der Waals surface area contributed by atoms with Gasteiger partial charge in [0.25, 0.3) is 0 Å². The molecule has 0 radical (unpaired) electrons. The quantitative estimate of drug-likeness (QED) is 0.906. The molecule has 2 N–H and O–H groups in total. The molecule has 1 heterocycles. The van der Waals surface area contributed by atoms with Crippen molar-refractivity contribution < 1.29 is 9.47 Å². The molecule has 6 nitrogen and oxygen atoms in total. The molecular weight excluding hydrogens is 268 g/mol. The van der Waals surface area contributed by atoms with Crippen LogP contribution in [-0.4, -0.2) is 21.6 Å². The summed E-state index contributed by atoms with van der Waals surface area (Å²) in [6.45, 7) is 2.62. The van der Waals surface area contributed by atoms with E-state index in [4.69, 9.17) is 26.8 Å². The number of nitrogen functional groups attached to an aromatic ring is 1. The number of anilines is 1. The lowest BCUT2D eigenvalue weighted by Gasteiger charge is -2.10. The Bertz CT molecular complexity index is 545. The van der Waals surface area contributed by atoms with Crippen LogP contribution in [0.5, 0.6) is 17.5 Å². The maximum atomic E-state index is 5.69. The van der Waals surface area contributed by atoms with E-state index in [1.165, 1.54) is 0 Å². The summed E-state index contributed by atoms with van der Waals surface area (Å²) in [4.78, 5) is 11.3. The molecule has 7 heteroatoms. The molecule has 0 saturated carbocycles. The van der Waals surface area contributed by atoms with Gasteiger partial charge in [0, 0.05) is 0 Å². The molecular formula is C12H13ClN4O2. The lowest BCUT2D eigenvalue weighted by Crippen LogP contribution is -2.02. The minimum absolute atomic E-state index is 0.00181. The SMILES string of the molecule is CCCOc1ccccc1Oc1nc(N)nc(Cl)n1. The number of ether oxygens (including phenoxy) is 2. The van der Waals surface area contributed by atoms with E-state index in [0.717, 1.165) is 6.42 Å². The first-order chi connectivity index (χ1) is 9.19. The fraction of sp³-hybridized carbons (Fsp3) is 0.250. The third kappa shape index (κ3) is 3.69. The van der Waals surface area contributed by atoms with Crippen LogP contribution in [-0.2, 0) is 0 Å². The van der Waals surface area contributed by atoms with Gasteiger partial charge in [0.2, 0.25) is 11.2 Å². The minimum Gasteiger partial charge on any atom is -0.490 e. The molecule has 2 rings (SSSR count). The molecule has 0 unspecified atom stereocenters. The predicted octanol–water partition coefficient (Wildman–Crippen LogP) is 2.69. The minimum atomic E-state index is -0.0190. The standard InChI is InChI=1S/C12H13ClN4O2/c1-2-7-18-8-5-3-4-6-9(8)19-12-16-10(13)15-11(14)17-12/h3-6H,2,7H2,1H3,(H2,14,15,16,17). The highest BCUT2D eigenvalue weighted by atomic mass is 35.5. The zero-order valence-corrected chi connectivity index (χ0v) is 11.1. The normalized spacial score (nSPS) is 10.2. The number of hydrogen-bond donors (Lipinski definition) is 1. The number of para-hydroxylation sites is 2. The molecule has 0 aliphatic carbocycles. The summed E-state index contributed by atoms with van der Waals surface area (Å²) in [5.74, 6) is 1.11. The largest absolute Gasteiger partial charge is 0.490 e. The van der Waals surface area contributed by atoms with Gasteiger partial charge in [0.1, 0.15) is 0 Å². The van der Waals surface area contributed by atoms with Crippen LogP contribution in [0, 0.1) is 0 Å². The third-order valence-corrected chi connectivity index (χ3v) is 2.29. The number of rotatable bonds is 5. The lowest BCUT2D eigenvalue weighted by atomic mass is 10.3. The summed E-state index contributed by atoms with van der Waals surface area (Å²) in [6, 6.07) is 7.26. The van der Waals surface area contributed by atoms with Crippen molar-refractivity contribution in [2.45, 2.75) is 13.3 Å². The molecule has 1 aromatic carbocycles. The van der Waals surface area contributed by atoms with Crippen molar-refractivity contribution in [1.29, 1.82) is 0 Å². The summed E-state index contributed by atoms with van der Waals surface area (Å²) >= 11 is 5.69. The van der Waals surface area contributed by atoms with Gasteiger partial charge in [-0.05, 0) is 30.2 Å². The highest BCUT2D eigenvalue weighted by molar-refractivity contribution is 6.28. The molecule has 19 heavy (non-hydrogen) atoms. The second kappa shape index (κ2) is 6.19. The average molecular weight is 281 g/mol. The molecule has 0 aliphatic heterocycles. The van der Waals surface area contributed by atoms with Gasteiger partial charge in [-0.25, -0.2) is 0 Å². The number of hydrogen-bond acceptors (Lipinski definition) is 6. The Morgan fingerprint density at radius 2 is 1.89 bits per heavy atom. The highest BCUT2D eigenvalue weighted by Crippen LogP contribution is 2.30. The molecule has 0 fully saturated rings. The summed E-state index contributed by atoms with van der Waals surface area (Å²) in [5, 5.41) is -0.0190. The van der Waals surface area contributed by atoms with Gasteiger partial charge >= 0.3 is 6.01 Å². The Kier molecular flexibility index (Phi) is 4.35. The van der Waals surface area contributed by atoms with Crippen molar-refractivity contribution in [3.8, 4) is 17.5 Å². The Labute approximate surface area is 115 Å². The van der Waals surface area contributed by atoms with Crippen molar-refractivity contribution in [3.05, 3.63) is 29.5 Å². The molecule has 0 aliphatic rings.